The summed E-state index contributed by atoms with van der Waals surface area (Å²) in [6, 6.07) is 10.2. The van der Waals surface area contributed by atoms with E-state index in [1.807, 2.05) is 18.2 Å². The normalized spacial score (nSPS) is 10.5. The van der Waals surface area contributed by atoms with E-state index in [0.717, 1.165) is 10.1 Å². The second-order valence-electron chi connectivity index (χ2n) is 4.67. The number of carbonyl (C=O) groups is 3. The van der Waals surface area contributed by atoms with Crippen molar-refractivity contribution in [3.05, 3.63) is 58.3 Å². The van der Waals surface area contributed by atoms with Crippen LogP contribution >= 0.6 is 22.9 Å². The molecule has 0 saturated heterocycles. The van der Waals surface area contributed by atoms with Gasteiger partial charge >= 0.3 is 5.97 Å². The van der Waals surface area contributed by atoms with E-state index in [1.165, 1.54) is 29.7 Å². The Morgan fingerprint density at radius 3 is 2.67 bits per heavy atom. The number of esters is 1. The quantitative estimate of drug-likeness (QED) is 0.719. The summed E-state index contributed by atoms with van der Waals surface area (Å²) >= 11 is 7.34. The van der Waals surface area contributed by atoms with E-state index in [1.54, 1.807) is 6.07 Å². The van der Waals surface area contributed by atoms with E-state index in [2.05, 4.69) is 5.32 Å². The summed E-state index contributed by atoms with van der Waals surface area (Å²) in [5.41, 5.74) is 0. The van der Waals surface area contributed by atoms with Crippen LogP contribution in [0.1, 0.15) is 20.2 Å². The maximum atomic E-state index is 12.1. The van der Waals surface area contributed by atoms with E-state index in [0.29, 0.717) is 0 Å². The predicted molar refractivity (Wildman–Crippen MR) is 88.3 cm³/mol. The van der Waals surface area contributed by atoms with Crippen LogP contribution in [0.15, 0.2) is 47.1 Å². The van der Waals surface area contributed by atoms with Gasteiger partial charge in [-0.1, -0.05) is 29.8 Å². The molecule has 0 bridgehead atoms. The first-order valence-corrected chi connectivity index (χ1v) is 7.97. The Balaban J connectivity index is 1.61. The van der Waals surface area contributed by atoms with Crippen molar-refractivity contribution in [2.75, 3.05) is 6.61 Å². The van der Waals surface area contributed by atoms with Gasteiger partial charge in [0, 0.05) is 10.1 Å². The fraction of sp³-hybridized carbons (Fsp3) is 0.0625. The summed E-state index contributed by atoms with van der Waals surface area (Å²) < 4.78 is 10.6. The molecule has 3 aromatic rings. The molecule has 6 nitrogen and oxygen atoms in total. The number of imide groups is 1. The Morgan fingerprint density at radius 2 is 1.96 bits per heavy atom. The number of benzene rings is 1. The van der Waals surface area contributed by atoms with Crippen LogP contribution in [0.4, 0.5) is 0 Å². The third-order valence-electron chi connectivity index (χ3n) is 3.05. The third-order valence-corrected chi connectivity index (χ3v) is 4.71. The molecular formula is C16H10ClNO5S. The Hall–Kier alpha value is -2.64. The smallest absolute Gasteiger partial charge is 0.350 e. The Kier molecular flexibility index (Phi) is 4.64. The lowest BCUT2D eigenvalue weighted by Gasteiger charge is -2.04. The van der Waals surface area contributed by atoms with Gasteiger partial charge in [0.15, 0.2) is 12.4 Å². The molecule has 0 unspecified atom stereocenters. The van der Waals surface area contributed by atoms with Gasteiger partial charge in [0.05, 0.1) is 11.3 Å². The monoisotopic (exact) mass is 363 g/mol. The molecule has 3 rings (SSSR count). The molecule has 0 aliphatic heterocycles. The molecule has 122 valence electrons. The molecule has 0 aliphatic carbocycles. The number of halogens is 1. The molecule has 24 heavy (non-hydrogen) atoms. The zero-order valence-electron chi connectivity index (χ0n) is 12.1. The van der Waals surface area contributed by atoms with Gasteiger partial charge < -0.3 is 9.15 Å². The number of nitrogens with one attached hydrogen (secondary N) is 1. The highest BCUT2D eigenvalue weighted by atomic mass is 35.5. The largest absolute Gasteiger partial charge is 0.459 e. The van der Waals surface area contributed by atoms with Gasteiger partial charge in [-0.05, 0) is 18.2 Å². The maximum absolute atomic E-state index is 12.1. The fourth-order valence-electron chi connectivity index (χ4n) is 1.97. The topological polar surface area (TPSA) is 85.6 Å². The van der Waals surface area contributed by atoms with Gasteiger partial charge in [0.25, 0.3) is 11.8 Å². The van der Waals surface area contributed by atoms with E-state index < -0.39 is 24.4 Å². The highest BCUT2D eigenvalue weighted by Crippen LogP contribution is 2.35. The lowest BCUT2D eigenvalue weighted by atomic mass is 10.2. The summed E-state index contributed by atoms with van der Waals surface area (Å²) in [7, 11) is 0. The van der Waals surface area contributed by atoms with Crippen LogP contribution in [0, 0.1) is 0 Å². The molecule has 1 N–H and O–H groups in total. The highest BCUT2D eigenvalue weighted by Gasteiger charge is 2.20. The van der Waals surface area contributed by atoms with Crippen molar-refractivity contribution < 1.29 is 23.5 Å². The fourth-order valence-corrected chi connectivity index (χ4v) is 3.38. The zero-order valence-corrected chi connectivity index (χ0v) is 13.6. The van der Waals surface area contributed by atoms with Crippen LogP contribution in [0.25, 0.3) is 10.1 Å². The molecule has 2 aromatic heterocycles. The van der Waals surface area contributed by atoms with Gasteiger partial charge in [-0.3, -0.25) is 14.9 Å². The minimum atomic E-state index is -0.762. The first-order chi connectivity index (χ1) is 11.6. The number of ether oxygens (including phenoxy) is 1. The van der Waals surface area contributed by atoms with Crippen LogP contribution in [-0.4, -0.2) is 24.4 Å². The molecule has 0 aliphatic rings. The first-order valence-electron chi connectivity index (χ1n) is 6.78. The van der Waals surface area contributed by atoms with Crippen molar-refractivity contribution in [1.82, 2.24) is 5.32 Å². The first kappa shape index (κ1) is 16.2. The van der Waals surface area contributed by atoms with Gasteiger partial charge in [0.2, 0.25) is 0 Å². The second kappa shape index (κ2) is 6.86. The van der Waals surface area contributed by atoms with Crippen LogP contribution < -0.4 is 5.32 Å². The Morgan fingerprint density at radius 1 is 1.17 bits per heavy atom. The predicted octanol–water partition coefficient (Wildman–Crippen LogP) is 3.26. The standard InChI is InChI=1S/C16H10ClNO5S/c17-13-9-4-1-2-6-11(9)24-14(13)16(21)23-8-12(19)18-15(20)10-5-3-7-22-10/h1-7H,8H2,(H,18,19,20). The van der Waals surface area contributed by atoms with Crippen molar-refractivity contribution >= 4 is 50.8 Å². The number of thiophene rings is 1. The molecule has 1 aromatic carbocycles. The SMILES string of the molecule is O=C(COC(=O)c1sc2ccccc2c1Cl)NC(=O)c1ccco1. The van der Waals surface area contributed by atoms with Crippen molar-refractivity contribution in [2.24, 2.45) is 0 Å². The number of fused-ring (bicyclic) bond motifs is 1. The number of hydrogen-bond acceptors (Lipinski definition) is 6. The number of amides is 2. The lowest BCUT2D eigenvalue weighted by Crippen LogP contribution is -2.33. The second-order valence-corrected chi connectivity index (χ2v) is 6.10. The Bertz CT molecular complexity index is 916. The lowest BCUT2D eigenvalue weighted by molar-refractivity contribution is -0.123. The van der Waals surface area contributed by atoms with Crippen LogP contribution in [0.2, 0.25) is 5.02 Å². The summed E-state index contributed by atoms with van der Waals surface area (Å²) in [4.78, 5) is 35.6. The average molecular weight is 364 g/mol. The van der Waals surface area contributed by atoms with Crippen molar-refractivity contribution in [2.45, 2.75) is 0 Å². The summed E-state index contributed by atoms with van der Waals surface area (Å²) in [5, 5.41) is 3.08. The van der Waals surface area contributed by atoms with E-state index >= 15 is 0 Å². The molecule has 0 radical (unpaired) electrons. The number of furan rings is 1. The van der Waals surface area contributed by atoms with Gasteiger partial charge in [-0.15, -0.1) is 11.3 Å². The van der Waals surface area contributed by atoms with Crippen LogP contribution in [-0.2, 0) is 9.53 Å². The number of hydrogen-bond donors (Lipinski definition) is 1. The van der Waals surface area contributed by atoms with Gasteiger partial charge in [0.1, 0.15) is 4.88 Å². The van der Waals surface area contributed by atoms with Crippen molar-refractivity contribution in [3.63, 3.8) is 0 Å². The van der Waals surface area contributed by atoms with E-state index in [9.17, 15) is 14.4 Å². The molecule has 0 spiro atoms. The maximum Gasteiger partial charge on any atom is 0.350 e. The molecule has 2 amide bonds. The van der Waals surface area contributed by atoms with Crippen molar-refractivity contribution in [3.8, 4) is 0 Å². The van der Waals surface area contributed by atoms with Gasteiger partial charge in [-0.2, -0.15) is 0 Å². The minimum absolute atomic E-state index is 0.0118. The molecule has 0 fully saturated rings. The van der Waals surface area contributed by atoms with Gasteiger partial charge in [-0.25, -0.2) is 4.79 Å². The summed E-state index contributed by atoms with van der Waals surface area (Å²) in [6.45, 7) is -0.601. The zero-order chi connectivity index (χ0) is 17.1. The number of carbonyl (C=O) groups excluding carboxylic acids is 3. The number of rotatable bonds is 4. The minimum Gasteiger partial charge on any atom is -0.459 e. The highest BCUT2D eigenvalue weighted by molar-refractivity contribution is 7.21. The average Bonchev–Trinajstić information content (AvgIpc) is 3.21. The molecule has 0 atom stereocenters. The third kappa shape index (κ3) is 3.32. The van der Waals surface area contributed by atoms with Crippen molar-refractivity contribution in [1.29, 1.82) is 0 Å². The molecule has 2 heterocycles. The summed E-state index contributed by atoms with van der Waals surface area (Å²) in [6.07, 6.45) is 1.31. The van der Waals surface area contributed by atoms with Crippen LogP contribution in [0.5, 0.6) is 0 Å². The molecular weight excluding hydrogens is 354 g/mol. The summed E-state index contributed by atoms with van der Waals surface area (Å²) in [5.74, 6) is -2.20. The molecule has 0 saturated carbocycles. The van der Waals surface area contributed by atoms with Crippen LogP contribution in [0.3, 0.4) is 0 Å². The van der Waals surface area contributed by atoms with E-state index in [-0.39, 0.29) is 15.7 Å². The molecule has 8 heteroatoms. The van der Waals surface area contributed by atoms with E-state index in [4.69, 9.17) is 20.8 Å². The Labute approximate surface area is 145 Å².